The molecule has 3 aromatic carbocycles. The van der Waals surface area contributed by atoms with Crippen molar-refractivity contribution in [1.82, 2.24) is 0 Å². The number of carbonyl (C=O) groups is 2. The third-order valence-corrected chi connectivity index (χ3v) is 5.76. The Hall–Kier alpha value is -3.95. The molecule has 0 bridgehead atoms. The summed E-state index contributed by atoms with van der Waals surface area (Å²) in [5.41, 5.74) is 5.41. The Labute approximate surface area is 265 Å². The minimum atomic E-state index is -1.08. The van der Waals surface area contributed by atoms with Gasteiger partial charge in [-0.2, -0.15) is 0 Å². The number of phenolic OH excluding ortho intramolecular Hbond substituents is 2. The van der Waals surface area contributed by atoms with Gasteiger partial charge in [-0.1, -0.05) is 39.8 Å². The molecule has 0 aliphatic heterocycles. The largest absolute Gasteiger partial charge is 2.00 e. The summed E-state index contributed by atoms with van der Waals surface area (Å²) in [6, 6.07) is 19.0. The SMILES string of the molecule is CC(=O)[O-].CC(=O)[O-].CC(C)CCc1ccc(O)c(C=Nc2ccc(N=Cc3cc(CCC(C)C)ccc3O)cc2)c1.[Co+2]. The zero-order chi connectivity index (χ0) is 31.7. The number of hydrogen-bond acceptors (Lipinski definition) is 8. The molecule has 233 valence electrons. The maximum atomic E-state index is 10.2. The number of aliphatic imine (C=N–C) groups is 2. The van der Waals surface area contributed by atoms with Gasteiger partial charge in [0, 0.05) is 35.5 Å². The Morgan fingerprint density at radius 3 is 1.26 bits per heavy atom. The number of carboxylic acids is 2. The fourth-order valence-electron chi connectivity index (χ4n) is 3.55. The van der Waals surface area contributed by atoms with Crippen molar-refractivity contribution < 1.29 is 46.8 Å². The Morgan fingerprint density at radius 2 is 0.977 bits per heavy atom. The predicted molar refractivity (Wildman–Crippen MR) is 165 cm³/mol. The summed E-state index contributed by atoms with van der Waals surface area (Å²) in [5.74, 6) is -0.419. The molecule has 9 heteroatoms. The second-order valence-corrected chi connectivity index (χ2v) is 10.7. The number of aryl methyl sites for hydroxylation is 2. The molecule has 0 heterocycles. The summed E-state index contributed by atoms with van der Waals surface area (Å²) < 4.78 is 0. The predicted octanol–water partition coefficient (Wildman–Crippen LogP) is 5.29. The van der Waals surface area contributed by atoms with E-state index in [4.69, 9.17) is 19.8 Å². The van der Waals surface area contributed by atoms with Gasteiger partial charge < -0.3 is 30.0 Å². The standard InChI is InChI=1S/C30H36N2O2.2C2H4O2.Co/c1-21(2)5-7-23-9-15-29(33)25(17-23)19-31-27-11-13-28(14-12-27)32-20-26-18-24(8-6-22(3)4)10-16-30(26)34;2*1-2(3)4;/h9-22,33-34H,5-8H2,1-4H3;2*1H3,(H,3,4);/q;;;+2/p-2. The van der Waals surface area contributed by atoms with Crippen LogP contribution in [0.4, 0.5) is 11.4 Å². The number of benzene rings is 3. The molecular formula is C34H42CoN2O6. The van der Waals surface area contributed by atoms with E-state index in [1.807, 2.05) is 48.5 Å². The average Bonchev–Trinajstić information content (AvgIpc) is 2.90. The average molecular weight is 634 g/mol. The van der Waals surface area contributed by atoms with E-state index >= 15 is 0 Å². The molecule has 0 aliphatic carbocycles. The first kappa shape index (κ1) is 39.0. The van der Waals surface area contributed by atoms with E-state index < -0.39 is 11.9 Å². The molecule has 0 saturated carbocycles. The normalized spacial score (nSPS) is 10.6. The van der Waals surface area contributed by atoms with E-state index in [1.165, 1.54) is 11.1 Å². The number of phenols is 2. The van der Waals surface area contributed by atoms with Crippen LogP contribution >= 0.6 is 0 Å². The Kier molecular flexibility index (Phi) is 18.9. The molecular weight excluding hydrogens is 591 g/mol. The molecule has 0 aromatic heterocycles. The summed E-state index contributed by atoms with van der Waals surface area (Å²) in [4.78, 5) is 26.8. The molecule has 0 aliphatic rings. The fourth-order valence-corrected chi connectivity index (χ4v) is 3.55. The van der Waals surface area contributed by atoms with Gasteiger partial charge in [0.25, 0.3) is 0 Å². The monoisotopic (exact) mass is 633 g/mol. The zero-order valence-electron chi connectivity index (χ0n) is 25.7. The van der Waals surface area contributed by atoms with Crippen molar-refractivity contribution in [3.8, 4) is 11.5 Å². The number of aliphatic carboxylic acids is 2. The quantitative estimate of drug-likeness (QED) is 0.291. The number of nitrogens with zero attached hydrogens (tertiary/aromatic N) is 2. The number of rotatable bonds is 10. The van der Waals surface area contributed by atoms with Crippen molar-refractivity contribution >= 4 is 35.7 Å². The second-order valence-electron chi connectivity index (χ2n) is 10.7. The number of carboxylic acid groups (broad SMARTS) is 2. The second kappa shape index (κ2) is 20.8. The molecule has 0 spiro atoms. The number of carbonyl (C=O) groups excluding carboxylic acids is 2. The van der Waals surface area contributed by atoms with E-state index in [2.05, 4.69) is 37.7 Å². The van der Waals surface area contributed by atoms with Crippen LogP contribution < -0.4 is 10.2 Å². The van der Waals surface area contributed by atoms with Gasteiger partial charge in [0.1, 0.15) is 11.5 Å². The fraction of sp³-hybridized carbons (Fsp3) is 0.353. The van der Waals surface area contributed by atoms with Crippen molar-refractivity contribution in [1.29, 1.82) is 0 Å². The molecule has 3 aromatic rings. The van der Waals surface area contributed by atoms with Crippen LogP contribution in [-0.4, -0.2) is 34.6 Å². The van der Waals surface area contributed by atoms with Crippen LogP contribution in [-0.2, 0) is 39.2 Å². The van der Waals surface area contributed by atoms with Gasteiger partial charge >= 0.3 is 16.8 Å². The van der Waals surface area contributed by atoms with E-state index in [9.17, 15) is 10.2 Å². The van der Waals surface area contributed by atoms with Crippen LogP contribution in [0.1, 0.15) is 76.6 Å². The minimum absolute atomic E-state index is 0. The smallest absolute Gasteiger partial charge is 0.550 e. The molecule has 0 amide bonds. The minimum Gasteiger partial charge on any atom is -0.550 e. The van der Waals surface area contributed by atoms with Crippen molar-refractivity contribution in [2.75, 3.05) is 0 Å². The van der Waals surface area contributed by atoms with Crippen molar-refractivity contribution in [3.05, 3.63) is 82.9 Å². The van der Waals surface area contributed by atoms with Gasteiger partial charge in [0.15, 0.2) is 0 Å². The molecule has 1 radical (unpaired) electrons. The van der Waals surface area contributed by atoms with Gasteiger partial charge in [0.2, 0.25) is 0 Å². The van der Waals surface area contributed by atoms with E-state index in [0.717, 1.165) is 62.0 Å². The Morgan fingerprint density at radius 1 is 0.674 bits per heavy atom. The maximum absolute atomic E-state index is 10.2. The molecule has 3 rings (SSSR count). The topological polar surface area (TPSA) is 145 Å². The van der Waals surface area contributed by atoms with Crippen molar-refractivity contribution in [2.45, 2.75) is 67.2 Å². The van der Waals surface area contributed by atoms with Gasteiger partial charge in [0.05, 0.1) is 11.4 Å². The summed E-state index contributed by atoms with van der Waals surface area (Å²) in [7, 11) is 0. The summed E-state index contributed by atoms with van der Waals surface area (Å²) in [6.45, 7) is 10.8. The first-order valence-corrected chi connectivity index (χ1v) is 13.9. The van der Waals surface area contributed by atoms with Crippen LogP contribution in [0.2, 0.25) is 0 Å². The van der Waals surface area contributed by atoms with Crippen molar-refractivity contribution in [2.24, 2.45) is 21.8 Å². The third kappa shape index (κ3) is 18.2. The number of hydrogen-bond donors (Lipinski definition) is 2. The van der Waals surface area contributed by atoms with E-state index in [-0.39, 0.29) is 28.3 Å². The van der Waals surface area contributed by atoms with Crippen LogP contribution in [0.15, 0.2) is 70.6 Å². The third-order valence-electron chi connectivity index (χ3n) is 5.76. The van der Waals surface area contributed by atoms with Crippen LogP contribution in [0.3, 0.4) is 0 Å². The molecule has 2 N–H and O–H groups in total. The van der Waals surface area contributed by atoms with Crippen molar-refractivity contribution in [3.63, 3.8) is 0 Å². The zero-order valence-corrected chi connectivity index (χ0v) is 26.7. The van der Waals surface area contributed by atoms with E-state index in [0.29, 0.717) is 11.8 Å². The molecule has 0 fully saturated rings. The maximum Gasteiger partial charge on any atom is 2.00 e. The Bertz CT molecular complexity index is 1220. The molecule has 0 saturated heterocycles. The summed E-state index contributed by atoms with van der Waals surface area (Å²) in [5, 5.41) is 38.1. The Balaban J connectivity index is 0.00000174. The first-order valence-electron chi connectivity index (χ1n) is 13.9. The van der Waals surface area contributed by atoms with Crippen LogP contribution in [0.25, 0.3) is 0 Å². The molecule has 43 heavy (non-hydrogen) atoms. The van der Waals surface area contributed by atoms with Gasteiger partial charge in [-0.05, 0) is 111 Å². The van der Waals surface area contributed by atoms with E-state index in [1.54, 1.807) is 24.6 Å². The molecule has 0 unspecified atom stereocenters. The van der Waals surface area contributed by atoms with Crippen LogP contribution in [0.5, 0.6) is 11.5 Å². The molecule has 0 atom stereocenters. The van der Waals surface area contributed by atoms with Gasteiger partial charge in [-0.3, -0.25) is 9.98 Å². The number of aromatic hydroxyl groups is 2. The summed E-state index contributed by atoms with van der Waals surface area (Å²) in [6.07, 6.45) is 7.61. The van der Waals surface area contributed by atoms with Crippen LogP contribution in [0, 0.1) is 11.8 Å². The summed E-state index contributed by atoms with van der Waals surface area (Å²) >= 11 is 0. The van der Waals surface area contributed by atoms with Gasteiger partial charge in [-0.25, -0.2) is 0 Å². The van der Waals surface area contributed by atoms with Gasteiger partial charge in [-0.15, -0.1) is 0 Å². The first-order chi connectivity index (χ1) is 19.8. The molecule has 8 nitrogen and oxygen atoms in total.